The lowest BCUT2D eigenvalue weighted by atomic mass is 9.83. The summed E-state index contributed by atoms with van der Waals surface area (Å²) >= 11 is 0. The van der Waals surface area contributed by atoms with Crippen molar-refractivity contribution in [2.45, 2.75) is 91.5 Å². The van der Waals surface area contributed by atoms with E-state index in [9.17, 15) is 27.2 Å². The van der Waals surface area contributed by atoms with Gasteiger partial charge in [-0.3, -0.25) is 9.48 Å². The highest BCUT2D eigenvalue weighted by Gasteiger charge is 2.39. The number of hydrogen-bond donors (Lipinski definition) is 2. The number of carbonyl (C=O) groups excluding carboxylic acids is 2. The fraction of sp³-hybridized carbons (Fsp3) is 0.593. The van der Waals surface area contributed by atoms with Gasteiger partial charge in [0.05, 0.1) is 31.4 Å². The van der Waals surface area contributed by atoms with E-state index in [0.717, 1.165) is 10.9 Å². The van der Waals surface area contributed by atoms with Gasteiger partial charge in [0.2, 0.25) is 0 Å². The van der Waals surface area contributed by atoms with Crippen LogP contribution in [0.25, 0.3) is 0 Å². The van der Waals surface area contributed by atoms with E-state index in [1.54, 1.807) is 32.9 Å². The number of rotatable bonds is 7. The molecule has 1 aromatic heterocycles. The van der Waals surface area contributed by atoms with Crippen molar-refractivity contribution in [2.75, 3.05) is 13.7 Å². The van der Waals surface area contributed by atoms with Crippen molar-refractivity contribution in [1.29, 1.82) is 0 Å². The lowest BCUT2D eigenvalue weighted by Gasteiger charge is -2.28. The molecular weight excluding hydrogens is 520 g/mol. The first-order chi connectivity index (χ1) is 17.9. The monoisotopic (exact) mass is 564 g/mol. The maximum atomic E-state index is 12.8. The van der Waals surface area contributed by atoms with Crippen LogP contribution in [0.15, 0.2) is 36.7 Å². The van der Waals surface area contributed by atoms with Crippen molar-refractivity contribution >= 4 is 11.9 Å². The zero-order chi connectivity index (χ0) is 31.2. The van der Waals surface area contributed by atoms with Crippen LogP contribution in [0.5, 0.6) is 0 Å². The van der Waals surface area contributed by atoms with Gasteiger partial charge in [0, 0.05) is 17.3 Å². The van der Waals surface area contributed by atoms with Crippen LogP contribution in [0.4, 0.5) is 17.6 Å². The largest absolute Gasteiger partial charge is 0.468 e. The molecule has 0 aliphatic heterocycles. The van der Waals surface area contributed by atoms with Gasteiger partial charge in [0.15, 0.2) is 6.04 Å². The molecule has 2 aromatic rings. The van der Waals surface area contributed by atoms with Crippen molar-refractivity contribution in [3.8, 4) is 0 Å². The summed E-state index contributed by atoms with van der Waals surface area (Å²) in [5, 5.41) is 3.57. The third-order valence-electron chi connectivity index (χ3n) is 4.79. The number of carbonyl (C=O) groups is 2. The molecule has 224 valence electrons. The fourth-order valence-corrected chi connectivity index (χ4v) is 3.24. The Kier molecular flexibility index (Phi) is 16.5. The second kappa shape index (κ2) is 16.9. The third kappa shape index (κ3) is 12.6. The molecule has 0 bridgehead atoms. The van der Waals surface area contributed by atoms with Gasteiger partial charge in [-0.05, 0) is 52.3 Å². The Morgan fingerprint density at radius 3 is 1.77 bits per heavy atom. The fourth-order valence-electron chi connectivity index (χ4n) is 3.24. The summed E-state index contributed by atoms with van der Waals surface area (Å²) in [7, 11) is 1.31. The minimum atomic E-state index is -4.52. The van der Waals surface area contributed by atoms with Gasteiger partial charge in [-0.1, -0.05) is 39.8 Å². The molecule has 0 aliphatic rings. The second-order valence-electron chi connectivity index (χ2n) is 9.01. The van der Waals surface area contributed by atoms with Gasteiger partial charge >= 0.3 is 18.1 Å². The molecule has 0 aliphatic carbocycles. The van der Waals surface area contributed by atoms with Crippen LogP contribution in [0.2, 0.25) is 0 Å². The Hall–Kier alpha value is -2.99. The summed E-state index contributed by atoms with van der Waals surface area (Å²) in [6.07, 6.45) is -3.12. The highest BCUT2D eigenvalue weighted by molar-refractivity contribution is 5.79. The van der Waals surface area contributed by atoms with Gasteiger partial charge < -0.3 is 20.9 Å². The zero-order valence-electron chi connectivity index (χ0n) is 24.5. The first kappa shape index (κ1) is 38.2. The molecule has 39 heavy (non-hydrogen) atoms. The number of hydrogen-bond acceptors (Lipinski definition) is 7. The molecule has 0 radical (unpaired) electrons. The van der Waals surface area contributed by atoms with Gasteiger partial charge in [-0.2, -0.15) is 18.3 Å². The molecule has 2 unspecified atom stereocenters. The van der Waals surface area contributed by atoms with E-state index < -0.39 is 46.7 Å². The Morgan fingerprint density at radius 1 is 0.949 bits per heavy atom. The smallest absolute Gasteiger partial charge is 0.419 e. The van der Waals surface area contributed by atoms with E-state index in [-0.39, 0.29) is 12.4 Å². The number of nitrogens with zero attached hydrogens (tertiary/aromatic N) is 2. The number of aromatic nitrogens is 2. The van der Waals surface area contributed by atoms with Crippen molar-refractivity contribution in [1.82, 2.24) is 9.78 Å². The Morgan fingerprint density at radius 2 is 1.44 bits per heavy atom. The summed E-state index contributed by atoms with van der Waals surface area (Å²) in [5.74, 6) is -2.08. The van der Waals surface area contributed by atoms with Crippen molar-refractivity contribution in [2.24, 2.45) is 11.5 Å². The van der Waals surface area contributed by atoms with E-state index in [2.05, 4.69) is 5.10 Å². The van der Waals surface area contributed by atoms with Crippen LogP contribution >= 0.6 is 0 Å². The van der Waals surface area contributed by atoms with Gasteiger partial charge in [-0.25, -0.2) is 9.18 Å². The van der Waals surface area contributed by atoms with E-state index >= 15 is 0 Å². The number of alkyl halides is 3. The zero-order valence-corrected chi connectivity index (χ0v) is 24.5. The molecular formula is C27H44F4N4O4. The van der Waals surface area contributed by atoms with Crippen LogP contribution in [0, 0.1) is 5.82 Å². The molecule has 0 saturated carbocycles. The molecule has 0 spiro atoms. The minimum absolute atomic E-state index is 0.110. The third-order valence-corrected chi connectivity index (χ3v) is 4.79. The van der Waals surface area contributed by atoms with Gasteiger partial charge in [0.1, 0.15) is 5.82 Å². The standard InChI is InChI=1S/C12H16FNO2.C11H16F3N3O2.2C2H6/c1-12(2,14)10(11(15)16-3)8-4-6-9(13)7-5-8;1-4-19-9(18)8(10(2,3)15)17-6-7(5-16-17)11(12,13)14;2*1-2/h4-7,10H,14H2,1-3H3;5-6,8H,4,15H2,1-3H3;2*1-2H3. The molecule has 1 heterocycles. The van der Waals surface area contributed by atoms with E-state index in [1.807, 2.05) is 27.7 Å². The number of methoxy groups -OCH3 is 1. The molecule has 12 heteroatoms. The summed E-state index contributed by atoms with van der Waals surface area (Å²) in [6.45, 7) is 16.2. The van der Waals surface area contributed by atoms with Crippen LogP contribution in [-0.2, 0) is 25.2 Å². The summed E-state index contributed by atoms with van der Waals surface area (Å²) in [6, 6.07) is 4.58. The number of ether oxygens (including phenoxy) is 2. The molecule has 0 saturated heterocycles. The average Bonchev–Trinajstić information content (AvgIpc) is 3.32. The van der Waals surface area contributed by atoms with Gasteiger partial charge in [-0.15, -0.1) is 0 Å². The summed E-state index contributed by atoms with van der Waals surface area (Å²) in [4.78, 5) is 23.5. The van der Waals surface area contributed by atoms with Gasteiger partial charge in [0.25, 0.3) is 0 Å². The Balaban J connectivity index is 0. The normalized spacial score (nSPS) is 12.7. The Labute approximate surface area is 229 Å². The van der Waals surface area contributed by atoms with Crippen molar-refractivity contribution in [3.63, 3.8) is 0 Å². The Bertz CT molecular complexity index is 979. The molecule has 4 N–H and O–H groups in total. The number of nitrogens with two attached hydrogens (primary N) is 2. The van der Waals surface area contributed by atoms with Crippen molar-refractivity contribution in [3.05, 3.63) is 53.6 Å². The molecule has 8 nitrogen and oxygen atoms in total. The summed E-state index contributed by atoms with van der Waals surface area (Å²) < 4.78 is 60.7. The lowest BCUT2D eigenvalue weighted by Crippen LogP contribution is -2.47. The molecule has 2 atom stereocenters. The predicted molar refractivity (Wildman–Crippen MR) is 143 cm³/mol. The maximum Gasteiger partial charge on any atom is 0.419 e. The number of esters is 2. The second-order valence-corrected chi connectivity index (χ2v) is 9.01. The van der Waals surface area contributed by atoms with Crippen LogP contribution in [-0.4, -0.2) is 46.5 Å². The predicted octanol–water partition coefficient (Wildman–Crippen LogP) is 5.62. The molecule has 0 fully saturated rings. The quantitative estimate of drug-likeness (QED) is 0.331. The maximum absolute atomic E-state index is 12.8. The molecule has 2 rings (SSSR count). The highest BCUT2D eigenvalue weighted by atomic mass is 19.4. The number of halogens is 4. The van der Waals surface area contributed by atoms with Crippen molar-refractivity contribution < 1.29 is 36.6 Å². The van der Waals surface area contributed by atoms with Crippen LogP contribution in [0.1, 0.15) is 85.4 Å². The first-order valence-electron chi connectivity index (χ1n) is 12.6. The SMILES string of the molecule is CC.CC.CCOC(=O)C(n1cc(C(F)(F)F)cn1)C(C)(C)N.COC(=O)C(c1ccc(F)cc1)C(C)(C)N. The molecule has 1 aromatic carbocycles. The highest BCUT2D eigenvalue weighted by Crippen LogP contribution is 2.31. The van der Waals surface area contributed by atoms with Crippen LogP contribution < -0.4 is 11.5 Å². The van der Waals surface area contributed by atoms with E-state index in [4.69, 9.17) is 20.9 Å². The average molecular weight is 565 g/mol. The molecule has 0 amide bonds. The van der Waals surface area contributed by atoms with E-state index in [1.165, 1.54) is 33.1 Å². The van der Waals surface area contributed by atoms with Crippen LogP contribution in [0.3, 0.4) is 0 Å². The van der Waals surface area contributed by atoms with E-state index in [0.29, 0.717) is 11.8 Å². The topological polar surface area (TPSA) is 122 Å². The summed E-state index contributed by atoms with van der Waals surface area (Å²) in [5.41, 5.74) is 9.60. The lowest BCUT2D eigenvalue weighted by molar-refractivity contribution is -0.150. The minimum Gasteiger partial charge on any atom is -0.468 e. The first-order valence-corrected chi connectivity index (χ1v) is 12.6. The number of benzene rings is 1.